The van der Waals surface area contributed by atoms with Crippen molar-refractivity contribution in [2.75, 3.05) is 5.32 Å². The van der Waals surface area contributed by atoms with Crippen molar-refractivity contribution in [3.05, 3.63) is 47.5 Å². The number of nitrogens with one attached hydrogen (secondary N) is 2. The first kappa shape index (κ1) is 12.7. The van der Waals surface area contributed by atoms with Crippen molar-refractivity contribution in [3.8, 4) is 0 Å². The largest absolute Gasteiger partial charge is 0.478 e. The second kappa shape index (κ2) is 5.30. The van der Waals surface area contributed by atoms with Crippen LogP contribution in [-0.2, 0) is 11.2 Å². The number of anilines is 1. The molecule has 1 aromatic carbocycles. The number of rotatable bonds is 4. The standard InChI is InChI=1S/C12H10FN3O3/c13-9-2-1-7(12(18)19)5-10(9)15-11(17)6-8-3-4-14-16-8/h1-5H,6H2,(H,14,16)(H,15,17)(H,18,19). The van der Waals surface area contributed by atoms with Crippen LogP contribution in [0.25, 0.3) is 0 Å². The monoisotopic (exact) mass is 263 g/mol. The molecule has 0 bridgehead atoms. The molecule has 1 amide bonds. The third-order valence-electron chi connectivity index (χ3n) is 2.40. The number of halogens is 1. The van der Waals surface area contributed by atoms with Crippen molar-refractivity contribution in [2.24, 2.45) is 0 Å². The van der Waals surface area contributed by atoms with E-state index in [0.717, 1.165) is 18.2 Å². The predicted molar refractivity (Wildman–Crippen MR) is 64.3 cm³/mol. The summed E-state index contributed by atoms with van der Waals surface area (Å²) in [4.78, 5) is 22.4. The average molecular weight is 263 g/mol. The van der Waals surface area contributed by atoms with Gasteiger partial charge >= 0.3 is 5.97 Å². The highest BCUT2D eigenvalue weighted by Crippen LogP contribution is 2.16. The van der Waals surface area contributed by atoms with Crippen molar-refractivity contribution < 1.29 is 19.1 Å². The van der Waals surface area contributed by atoms with Crippen LogP contribution >= 0.6 is 0 Å². The molecule has 6 nitrogen and oxygen atoms in total. The van der Waals surface area contributed by atoms with Crippen LogP contribution in [0, 0.1) is 5.82 Å². The van der Waals surface area contributed by atoms with Crippen molar-refractivity contribution in [2.45, 2.75) is 6.42 Å². The molecule has 0 aliphatic carbocycles. The number of aromatic nitrogens is 2. The van der Waals surface area contributed by atoms with Gasteiger partial charge in [-0.25, -0.2) is 9.18 Å². The summed E-state index contributed by atoms with van der Waals surface area (Å²) in [5.41, 5.74) is 0.315. The van der Waals surface area contributed by atoms with Crippen molar-refractivity contribution in [1.29, 1.82) is 0 Å². The lowest BCUT2D eigenvalue weighted by molar-refractivity contribution is -0.115. The van der Waals surface area contributed by atoms with Gasteiger partial charge in [0.2, 0.25) is 5.91 Å². The Bertz CT molecular complexity index is 611. The van der Waals surface area contributed by atoms with E-state index in [9.17, 15) is 14.0 Å². The van der Waals surface area contributed by atoms with Gasteiger partial charge in [0, 0.05) is 11.9 Å². The summed E-state index contributed by atoms with van der Waals surface area (Å²) in [6, 6.07) is 4.81. The topological polar surface area (TPSA) is 95.1 Å². The molecule has 0 saturated carbocycles. The molecule has 3 N–H and O–H groups in total. The summed E-state index contributed by atoms with van der Waals surface area (Å²) in [6.07, 6.45) is 1.49. The molecule has 0 saturated heterocycles. The molecule has 0 radical (unpaired) electrons. The summed E-state index contributed by atoms with van der Waals surface area (Å²) in [5, 5.41) is 17.4. The Hall–Kier alpha value is -2.70. The van der Waals surface area contributed by atoms with Crippen molar-refractivity contribution in [3.63, 3.8) is 0 Å². The molecule has 0 atom stereocenters. The van der Waals surface area contributed by atoms with Gasteiger partial charge in [0.05, 0.1) is 17.7 Å². The zero-order valence-corrected chi connectivity index (χ0v) is 9.68. The number of aromatic amines is 1. The molecular weight excluding hydrogens is 253 g/mol. The van der Waals surface area contributed by atoms with E-state index in [4.69, 9.17) is 5.11 Å². The Morgan fingerprint density at radius 3 is 2.79 bits per heavy atom. The number of H-pyrrole nitrogens is 1. The van der Waals surface area contributed by atoms with E-state index in [2.05, 4.69) is 15.5 Å². The van der Waals surface area contributed by atoms with Crippen LogP contribution < -0.4 is 5.32 Å². The highest BCUT2D eigenvalue weighted by atomic mass is 19.1. The van der Waals surface area contributed by atoms with Gasteiger partial charge in [-0.2, -0.15) is 5.10 Å². The zero-order chi connectivity index (χ0) is 13.8. The van der Waals surface area contributed by atoms with Crippen LogP contribution in [0.1, 0.15) is 16.1 Å². The molecular formula is C12H10FN3O3. The molecule has 1 aromatic heterocycles. The maximum atomic E-state index is 13.4. The Balaban J connectivity index is 2.11. The number of carboxylic acid groups (broad SMARTS) is 1. The first-order valence-corrected chi connectivity index (χ1v) is 5.37. The Morgan fingerprint density at radius 1 is 1.37 bits per heavy atom. The van der Waals surface area contributed by atoms with Crippen LogP contribution in [-0.4, -0.2) is 27.2 Å². The number of hydrogen-bond acceptors (Lipinski definition) is 3. The second-order valence-corrected chi connectivity index (χ2v) is 3.81. The molecule has 1 heterocycles. The fraction of sp³-hybridized carbons (Fsp3) is 0.0833. The van der Waals surface area contributed by atoms with E-state index in [0.29, 0.717) is 5.69 Å². The smallest absolute Gasteiger partial charge is 0.335 e. The molecule has 0 unspecified atom stereocenters. The molecule has 0 fully saturated rings. The molecule has 98 valence electrons. The minimum atomic E-state index is -1.19. The van der Waals surface area contributed by atoms with Crippen LogP contribution in [0.4, 0.5) is 10.1 Å². The van der Waals surface area contributed by atoms with E-state index in [-0.39, 0.29) is 17.7 Å². The lowest BCUT2D eigenvalue weighted by Crippen LogP contribution is -2.16. The number of aromatic carboxylic acids is 1. The number of amides is 1. The normalized spacial score (nSPS) is 10.2. The molecule has 0 aliphatic rings. The lowest BCUT2D eigenvalue weighted by atomic mass is 10.2. The third-order valence-corrected chi connectivity index (χ3v) is 2.40. The van der Waals surface area contributed by atoms with Crippen LogP contribution in [0.15, 0.2) is 30.5 Å². The fourth-order valence-corrected chi connectivity index (χ4v) is 1.50. The van der Waals surface area contributed by atoms with E-state index in [1.54, 1.807) is 6.07 Å². The Kier molecular flexibility index (Phi) is 3.56. The molecule has 2 aromatic rings. The summed E-state index contributed by atoms with van der Waals surface area (Å²) < 4.78 is 13.4. The summed E-state index contributed by atoms with van der Waals surface area (Å²) >= 11 is 0. The zero-order valence-electron chi connectivity index (χ0n) is 9.68. The predicted octanol–water partition coefficient (Wildman–Crippen LogP) is 1.43. The van der Waals surface area contributed by atoms with Crippen LogP contribution in [0.5, 0.6) is 0 Å². The number of hydrogen-bond donors (Lipinski definition) is 3. The molecule has 19 heavy (non-hydrogen) atoms. The van der Waals surface area contributed by atoms with Gasteiger partial charge < -0.3 is 10.4 Å². The summed E-state index contributed by atoms with van der Waals surface area (Å²) in [5.74, 6) is -2.35. The van der Waals surface area contributed by atoms with Crippen molar-refractivity contribution in [1.82, 2.24) is 10.2 Å². The molecule has 7 heteroatoms. The molecule has 2 rings (SSSR count). The van der Waals surface area contributed by atoms with Gasteiger partial charge in [0.1, 0.15) is 5.82 Å². The van der Waals surface area contributed by atoms with Gasteiger partial charge in [0.25, 0.3) is 0 Å². The number of carboxylic acids is 1. The van der Waals surface area contributed by atoms with E-state index in [1.807, 2.05) is 0 Å². The maximum absolute atomic E-state index is 13.4. The fourth-order valence-electron chi connectivity index (χ4n) is 1.50. The van der Waals surface area contributed by atoms with Crippen LogP contribution in [0.3, 0.4) is 0 Å². The second-order valence-electron chi connectivity index (χ2n) is 3.81. The highest BCUT2D eigenvalue weighted by Gasteiger charge is 2.11. The van der Waals surface area contributed by atoms with Crippen LogP contribution in [0.2, 0.25) is 0 Å². The van der Waals surface area contributed by atoms with E-state index in [1.165, 1.54) is 6.20 Å². The van der Waals surface area contributed by atoms with Gasteiger partial charge in [-0.1, -0.05) is 0 Å². The average Bonchev–Trinajstić information content (AvgIpc) is 2.84. The number of carbonyl (C=O) groups is 2. The molecule has 0 spiro atoms. The summed E-state index contributed by atoms with van der Waals surface area (Å²) in [6.45, 7) is 0. The minimum Gasteiger partial charge on any atom is -0.478 e. The highest BCUT2D eigenvalue weighted by molar-refractivity contribution is 5.94. The Labute approximate surface area is 107 Å². The van der Waals surface area contributed by atoms with E-state index < -0.39 is 17.7 Å². The number of benzene rings is 1. The first-order chi connectivity index (χ1) is 9.06. The maximum Gasteiger partial charge on any atom is 0.335 e. The minimum absolute atomic E-state index is 0.00324. The molecule has 0 aliphatic heterocycles. The first-order valence-electron chi connectivity index (χ1n) is 5.37. The third kappa shape index (κ3) is 3.15. The SMILES string of the molecule is O=C(Cc1ccn[nH]1)Nc1cc(C(=O)O)ccc1F. The Morgan fingerprint density at radius 2 is 2.16 bits per heavy atom. The van der Waals surface area contributed by atoms with Gasteiger partial charge in [-0.05, 0) is 24.3 Å². The van der Waals surface area contributed by atoms with Gasteiger partial charge in [0.15, 0.2) is 0 Å². The summed E-state index contributed by atoms with van der Waals surface area (Å²) in [7, 11) is 0. The van der Waals surface area contributed by atoms with Gasteiger partial charge in [-0.15, -0.1) is 0 Å². The van der Waals surface area contributed by atoms with Gasteiger partial charge in [-0.3, -0.25) is 9.89 Å². The number of nitrogens with zero attached hydrogens (tertiary/aromatic N) is 1. The quantitative estimate of drug-likeness (QED) is 0.777. The van der Waals surface area contributed by atoms with E-state index >= 15 is 0 Å². The number of carbonyl (C=O) groups excluding carboxylic acids is 1. The van der Waals surface area contributed by atoms with Crippen molar-refractivity contribution >= 4 is 17.6 Å². The lowest BCUT2D eigenvalue weighted by Gasteiger charge is -2.06.